The largest absolute Gasteiger partial charge is 0.397 e. The molecule has 1 aromatic carbocycles. The summed E-state index contributed by atoms with van der Waals surface area (Å²) in [5.41, 5.74) is 8.45. The van der Waals surface area contributed by atoms with E-state index >= 15 is 0 Å². The van der Waals surface area contributed by atoms with E-state index in [9.17, 15) is 5.11 Å². The number of nitrogen functional groups attached to an aromatic ring is 1. The molecule has 1 aromatic heterocycles. The molecule has 18 heavy (non-hydrogen) atoms. The number of anilines is 2. The summed E-state index contributed by atoms with van der Waals surface area (Å²) in [6.45, 7) is 0.382. The van der Waals surface area contributed by atoms with E-state index in [1.54, 1.807) is 29.5 Å². The maximum atomic E-state index is 9.91. The van der Waals surface area contributed by atoms with Crippen LogP contribution in [0.1, 0.15) is 17.2 Å². The van der Waals surface area contributed by atoms with Crippen LogP contribution in [0.25, 0.3) is 0 Å². The van der Waals surface area contributed by atoms with E-state index in [0.717, 1.165) is 11.3 Å². The van der Waals surface area contributed by atoms with Gasteiger partial charge in [0.05, 0.1) is 29.1 Å². The van der Waals surface area contributed by atoms with Crippen molar-refractivity contribution >= 4 is 22.7 Å². The van der Waals surface area contributed by atoms with Gasteiger partial charge in [0.15, 0.2) is 0 Å². The van der Waals surface area contributed by atoms with Crippen LogP contribution in [0.3, 0.4) is 0 Å². The van der Waals surface area contributed by atoms with E-state index in [-0.39, 0.29) is 0 Å². The molecule has 0 aliphatic carbocycles. The molecule has 4 N–H and O–H groups in total. The second-order valence-corrected chi connectivity index (χ2v) is 4.65. The minimum Gasteiger partial charge on any atom is -0.397 e. The summed E-state index contributed by atoms with van der Waals surface area (Å²) in [4.78, 5) is 0. The lowest BCUT2D eigenvalue weighted by Crippen LogP contribution is -2.12. The third-order valence-corrected chi connectivity index (χ3v) is 3.30. The number of aliphatic hydroxyl groups is 1. The van der Waals surface area contributed by atoms with Crippen LogP contribution in [0.5, 0.6) is 0 Å². The summed E-state index contributed by atoms with van der Waals surface area (Å²) >= 11 is 1.55. The predicted molar refractivity (Wildman–Crippen MR) is 73.3 cm³/mol. The van der Waals surface area contributed by atoms with Gasteiger partial charge in [-0.05, 0) is 40.6 Å². The molecule has 92 valence electrons. The minimum atomic E-state index is -0.564. The van der Waals surface area contributed by atoms with E-state index in [0.29, 0.717) is 17.8 Å². The van der Waals surface area contributed by atoms with Gasteiger partial charge in [0.1, 0.15) is 0 Å². The zero-order valence-corrected chi connectivity index (χ0v) is 10.4. The van der Waals surface area contributed by atoms with Gasteiger partial charge in [0.2, 0.25) is 0 Å². The molecule has 0 aliphatic rings. The molecule has 0 saturated carbocycles. The molecule has 4 nitrogen and oxygen atoms in total. The number of nitrogens with zero attached hydrogens (tertiary/aromatic N) is 1. The average molecular weight is 259 g/mol. The van der Waals surface area contributed by atoms with Crippen molar-refractivity contribution in [1.29, 1.82) is 5.26 Å². The van der Waals surface area contributed by atoms with Crippen molar-refractivity contribution in [1.82, 2.24) is 0 Å². The van der Waals surface area contributed by atoms with Crippen LogP contribution in [-0.2, 0) is 0 Å². The van der Waals surface area contributed by atoms with Gasteiger partial charge in [-0.15, -0.1) is 0 Å². The molecule has 0 aliphatic heterocycles. The summed E-state index contributed by atoms with van der Waals surface area (Å²) in [6, 6.07) is 8.96. The van der Waals surface area contributed by atoms with Gasteiger partial charge < -0.3 is 16.2 Å². The number of nitriles is 1. The molecule has 0 bridgehead atoms. The number of hydrogen-bond donors (Lipinski definition) is 3. The molecule has 5 heteroatoms. The number of rotatable bonds is 4. The van der Waals surface area contributed by atoms with Gasteiger partial charge in [0, 0.05) is 6.54 Å². The molecule has 1 heterocycles. The highest BCUT2D eigenvalue weighted by molar-refractivity contribution is 7.07. The predicted octanol–water partition coefficient (Wildman–Crippen LogP) is 2.35. The number of nitrogens with one attached hydrogen (secondary N) is 1. The lowest BCUT2D eigenvalue weighted by molar-refractivity contribution is 0.192. The first-order valence-corrected chi connectivity index (χ1v) is 6.38. The van der Waals surface area contributed by atoms with E-state index < -0.39 is 6.10 Å². The van der Waals surface area contributed by atoms with E-state index in [4.69, 9.17) is 11.0 Å². The topological polar surface area (TPSA) is 82.1 Å². The molecule has 2 aromatic rings. The molecule has 0 spiro atoms. The number of hydrogen-bond acceptors (Lipinski definition) is 5. The van der Waals surface area contributed by atoms with Crippen LogP contribution >= 0.6 is 11.3 Å². The highest BCUT2D eigenvalue weighted by atomic mass is 32.1. The lowest BCUT2D eigenvalue weighted by atomic mass is 10.1. The van der Waals surface area contributed by atoms with Crippen LogP contribution in [0, 0.1) is 11.3 Å². The monoisotopic (exact) mass is 259 g/mol. The summed E-state index contributed by atoms with van der Waals surface area (Å²) in [5.74, 6) is 0. The van der Waals surface area contributed by atoms with Crippen molar-refractivity contribution in [2.24, 2.45) is 0 Å². The lowest BCUT2D eigenvalue weighted by Gasteiger charge is -2.13. The first-order chi connectivity index (χ1) is 8.70. The Bertz CT molecular complexity index is 560. The van der Waals surface area contributed by atoms with Crippen LogP contribution in [0.2, 0.25) is 0 Å². The zero-order chi connectivity index (χ0) is 13.0. The first kappa shape index (κ1) is 12.4. The second-order valence-electron chi connectivity index (χ2n) is 3.87. The molecule has 1 atom stereocenters. The average Bonchev–Trinajstić information content (AvgIpc) is 2.90. The van der Waals surface area contributed by atoms with E-state index in [2.05, 4.69) is 5.32 Å². The summed E-state index contributed by atoms with van der Waals surface area (Å²) < 4.78 is 0. The summed E-state index contributed by atoms with van der Waals surface area (Å²) in [6.07, 6.45) is -0.564. The van der Waals surface area contributed by atoms with E-state index in [1.165, 1.54) is 0 Å². The Morgan fingerprint density at radius 1 is 1.44 bits per heavy atom. The van der Waals surface area contributed by atoms with Crippen molar-refractivity contribution in [3.63, 3.8) is 0 Å². The van der Waals surface area contributed by atoms with Crippen LogP contribution < -0.4 is 11.1 Å². The standard InChI is InChI=1S/C13H13N3OS/c14-6-9-1-2-12(11(15)5-9)16-7-13(17)10-3-4-18-8-10/h1-5,8,13,16-17H,7,15H2. The van der Waals surface area contributed by atoms with Crippen LogP contribution in [0.4, 0.5) is 11.4 Å². The van der Waals surface area contributed by atoms with Crippen molar-refractivity contribution in [2.45, 2.75) is 6.10 Å². The number of aliphatic hydroxyl groups excluding tert-OH is 1. The first-order valence-electron chi connectivity index (χ1n) is 5.44. The molecule has 0 fully saturated rings. The Morgan fingerprint density at radius 2 is 2.28 bits per heavy atom. The maximum Gasteiger partial charge on any atom is 0.0992 e. The molecular weight excluding hydrogens is 246 g/mol. The molecule has 0 amide bonds. The quantitative estimate of drug-likeness (QED) is 0.736. The minimum absolute atomic E-state index is 0.382. The maximum absolute atomic E-state index is 9.91. The summed E-state index contributed by atoms with van der Waals surface area (Å²) in [7, 11) is 0. The van der Waals surface area contributed by atoms with Crippen LogP contribution in [0.15, 0.2) is 35.0 Å². The summed E-state index contributed by atoms with van der Waals surface area (Å²) in [5, 5.41) is 25.6. The number of nitrogens with two attached hydrogens (primary N) is 1. The van der Waals surface area contributed by atoms with E-state index in [1.807, 2.05) is 22.9 Å². The van der Waals surface area contributed by atoms with Gasteiger partial charge in [-0.25, -0.2) is 0 Å². The number of benzene rings is 1. The Kier molecular flexibility index (Phi) is 3.82. The Hall–Kier alpha value is -2.03. The van der Waals surface area contributed by atoms with Gasteiger partial charge in [0.25, 0.3) is 0 Å². The smallest absolute Gasteiger partial charge is 0.0992 e. The molecular formula is C13H13N3OS. The van der Waals surface area contributed by atoms with Gasteiger partial charge in [-0.1, -0.05) is 0 Å². The molecule has 0 radical (unpaired) electrons. The van der Waals surface area contributed by atoms with Crippen molar-refractivity contribution in [3.8, 4) is 6.07 Å². The van der Waals surface area contributed by atoms with Gasteiger partial charge >= 0.3 is 0 Å². The SMILES string of the molecule is N#Cc1ccc(NCC(O)c2ccsc2)c(N)c1. The van der Waals surface area contributed by atoms with Crippen molar-refractivity contribution < 1.29 is 5.11 Å². The van der Waals surface area contributed by atoms with Crippen molar-refractivity contribution in [2.75, 3.05) is 17.6 Å². The molecule has 1 unspecified atom stereocenters. The highest BCUT2D eigenvalue weighted by Gasteiger charge is 2.08. The Morgan fingerprint density at radius 3 is 2.89 bits per heavy atom. The Labute approximate surface area is 109 Å². The normalized spacial score (nSPS) is 11.8. The molecule has 0 saturated heterocycles. The van der Waals surface area contributed by atoms with Crippen LogP contribution in [-0.4, -0.2) is 11.7 Å². The fourth-order valence-electron chi connectivity index (χ4n) is 1.58. The fourth-order valence-corrected chi connectivity index (χ4v) is 2.29. The number of thiophene rings is 1. The van der Waals surface area contributed by atoms with Crippen molar-refractivity contribution in [3.05, 3.63) is 46.2 Å². The Balaban J connectivity index is 2.00. The zero-order valence-electron chi connectivity index (χ0n) is 9.63. The third-order valence-electron chi connectivity index (χ3n) is 2.59. The highest BCUT2D eigenvalue weighted by Crippen LogP contribution is 2.22. The van der Waals surface area contributed by atoms with Gasteiger partial charge in [-0.3, -0.25) is 0 Å². The molecule has 2 rings (SSSR count). The van der Waals surface area contributed by atoms with Gasteiger partial charge in [-0.2, -0.15) is 16.6 Å². The third kappa shape index (κ3) is 2.80. The fraction of sp³-hybridized carbons (Fsp3) is 0.154. The second kappa shape index (κ2) is 5.54.